The van der Waals surface area contributed by atoms with Gasteiger partial charge >= 0.3 is 5.69 Å². The van der Waals surface area contributed by atoms with Gasteiger partial charge in [0, 0.05) is 11.6 Å². The molecule has 1 aromatic carbocycles. The Morgan fingerprint density at radius 1 is 1.39 bits per heavy atom. The highest BCUT2D eigenvalue weighted by atomic mass is 16.6. The number of aliphatic hydroxyl groups excluding tert-OH is 1. The quantitative estimate of drug-likeness (QED) is 0.524. The Labute approximate surface area is 101 Å². The fourth-order valence-electron chi connectivity index (χ4n) is 1.55. The first kappa shape index (κ1) is 13.8. The maximum atomic E-state index is 10.8. The van der Waals surface area contributed by atoms with Crippen LogP contribution in [0, 0.1) is 27.2 Å². The van der Waals surface area contributed by atoms with E-state index >= 15 is 0 Å². The highest BCUT2D eigenvalue weighted by Gasteiger charge is 2.30. The van der Waals surface area contributed by atoms with Gasteiger partial charge in [0.05, 0.1) is 22.5 Å². The predicted octanol–water partition coefficient (Wildman–Crippen LogP) is 0.509. The van der Waals surface area contributed by atoms with Crippen molar-refractivity contribution in [2.75, 3.05) is 6.61 Å². The summed E-state index contributed by atoms with van der Waals surface area (Å²) in [5.41, 5.74) is 3.62. The number of nitro groups is 2. The maximum absolute atomic E-state index is 10.8. The lowest BCUT2D eigenvalue weighted by Crippen LogP contribution is -2.16. The lowest BCUT2D eigenvalue weighted by Gasteiger charge is -2.12. The minimum absolute atomic E-state index is 0.235. The highest BCUT2D eigenvalue weighted by Crippen LogP contribution is 2.40. The molecule has 0 heterocycles. The first-order valence-electron chi connectivity index (χ1n) is 4.82. The van der Waals surface area contributed by atoms with Gasteiger partial charge < -0.3 is 15.9 Å². The Balaban J connectivity index is 3.66. The topological polar surface area (TPSA) is 153 Å². The molecular formula is C9H11N3O6. The van der Waals surface area contributed by atoms with E-state index in [0.29, 0.717) is 0 Å². The van der Waals surface area contributed by atoms with Gasteiger partial charge in [-0.05, 0) is 6.92 Å². The number of phenolic OH excluding ortho intramolecular Hbond substituents is 1. The van der Waals surface area contributed by atoms with Crippen LogP contribution in [0.4, 0.5) is 11.4 Å². The number of nitrogens with two attached hydrogens (primary N) is 1. The summed E-state index contributed by atoms with van der Waals surface area (Å²) in [7, 11) is 0. The lowest BCUT2D eigenvalue weighted by atomic mass is 10.0. The van der Waals surface area contributed by atoms with E-state index < -0.39 is 39.6 Å². The molecule has 0 unspecified atom stereocenters. The second-order valence-electron chi connectivity index (χ2n) is 3.61. The van der Waals surface area contributed by atoms with E-state index in [-0.39, 0.29) is 11.1 Å². The molecule has 0 fully saturated rings. The molecule has 1 rings (SSSR count). The number of hydrogen-bond acceptors (Lipinski definition) is 7. The molecule has 0 amide bonds. The molecule has 18 heavy (non-hydrogen) atoms. The van der Waals surface area contributed by atoms with Crippen LogP contribution in [0.25, 0.3) is 0 Å². The fraction of sp³-hybridized carbons (Fsp3) is 0.333. The van der Waals surface area contributed by atoms with Gasteiger partial charge in [-0.1, -0.05) is 0 Å². The van der Waals surface area contributed by atoms with E-state index in [2.05, 4.69) is 0 Å². The maximum Gasteiger partial charge on any atom is 0.320 e. The van der Waals surface area contributed by atoms with Crippen molar-refractivity contribution in [1.29, 1.82) is 0 Å². The number of hydrogen-bond donors (Lipinski definition) is 3. The number of phenols is 1. The SMILES string of the molecule is Cc1c([N+](=O)[O-])cc([C@@H](N)CO)c(O)c1[N+](=O)[O-]. The molecule has 0 bridgehead atoms. The van der Waals surface area contributed by atoms with Crippen LogP contribution in [0.15, 0.2) is 6.07 Å². The third-order valence-corrected chi connectivity index (χ3v) is 2.50. The van der Waals surface area contributed by atoms with E-state index in [9.17, 15) is 25.3 Å². The van der Waals surface area contributed by atoms with Crippen molar-refractivity contribution in [2.24, 2.45) is 5.73 Å². The van der Waals surface area contributed by atoms with Crippen molar-refractivity contribution in [2.45, 2.75) is 13.0 Å². The molecule has 0 radical (unpaired) electrons. The third kappa shape index (κ3) is 2.21. The number of benzene rings is 1. The van der Waals surface area contributed by atoms with Crippen molar-refractivity contribution in [1.82, 2.24) is 0 Å². The second kappa shape index (κ2) is 4.94. The molecule has 0 aliphatic heterocycles. The zero-order valence-corrected chi connectivity index (χ0v) is 9.36. The van der Waals surface area contributed by atoms with Gasteiger partial charge in [-0.25, -0.2) is 0 Å². The summed E-state index contributed by atoms with van der Waals surface area (Å²) in [4.78, 5) is 19.8. The zero-order chi connectivity index (χ0) is 14.0. The zero-order valence-electron chi connectivity index (χ0n) is 9.36. The van der Waals surface area contributed by atoms with Crippen LogP contribution in [-0.4, -0.2) is 26.7 Å². The Hall–Kier alpha value is -2.26. The van der Waals surface area contributed by atoms with Crippen molar-refractivity contribution < 1.29 is 20.1 Å². The largest absolute Gasteiger partial charge is 0.502 e. The first-order chi connectivity index (χ1) is 8.31. The molecule has 1 aromatic rings. The van der Waals surface area contributed by atoms with Crippen molar-refractivity contribution in [3.63, 3.8) is 0 Å². The Bertz CT molecular complexity index is 516. The Morgan fingerprint density at radius 3 is 2.33 bits per heavy atom. The minimum atomic E-state index is -1.14. The Kier molecular flexibility index (Phi) is 3.79. The monoisotopic (exact) mass is 257 g/mol. The van der Waals surface area contributed by atoms with Crippen LogP contribution in [0.5, 0.6) is 5.75 Å². The molecule has 98 valence electrons. The van der Waals surface area contributed by atoms with E-state index in [0.717, 1.165) is 13.0 Å². The molecule has 0 aromatic heterocycles. The molecule has 9 heteroatoms. The van der Waals surface area contributed by atoms with E-state index in [1.165, 1.54) is 0 Å². The standard InChI is InChI=1S/C9H11N3O6/c1-4-7(11(15)16)2-5(6(10)3-13)9(14)8(4)12(17)18/h2,6,13-14H,3,10H2,1H3/t6-/m0/s1. The van der Waals surface area contributed by atoms with E-state index in [1.807, 2.05) is 0 Å². The summed E-state index contributed by atoms with van der Waals surface area (Å²) >= 11 is 0. The molecule has 0 spiro atoms. The van der Waals surface area contributed by atoms with Gasteiger partial charge in [0.2, 0.25) is 0 Å². The van der Waals surface area contributed by atoms with Gasteiger partial charge in [0.25, 0.3) is 5.69 Å². The number of nitrogens with zero attached hydrogens (tertiary/aromatic N) is 2. The molecule has 0 aliphatic rings. The van der Waals surface area contributed by atoms with Crippen molar-refractivity contribution in [3.8, 4) is 5.75 Å². The molecule has 4 N–H and O–H groups in total. The van der Waals surface area contributed by atoms with Crippen LogP contribution >= 0.6 is 0 Å². The number of aromatic hydroxyl groups is 1. The molecule has 0 saturated heterocycles. The van der Waals surface area contributed by atoms with Crippen molar-refractivity contribution >= 4 is 11.4 Å². The smallest absolute Gasteiger partial charge is 0.320 e. The number of rotatable bonds is 4. The van der Waals surface area contributed by atoms with Crippen LogP contribution in [0.2, 0.25) is 0 Å². The van der Waals surface area contributed by atoms with E-state index in [1.54, 1.807) is 0 Å². The summed E-state index contributed by atoms with van der Waals surface area (Å²) in [6.45, 7) is 0.551. The second-order valence-corrected chi connectivity index (χ2v) is 3.61. The van der Waals surface area contributed by atoms with Crippen LogP contribution in [0.1, 0.15) is 17.2 Å². The van der Waals surface area contributed by atoms with Gasteiger partial charge in [0.1, 0.15) is 5.56 Å². The normalized spacial score (nSPS) is 12.2. The minimum Gasteiger partial charge on any atom is -0.502 e. The van der Waals surface area contributed by atoms with Crippen LogP contribution < -0.4 is 5.73 Å². The third-order valence-electron chi connectivity index (χ3n) is 2.50. The number of aliphatic hydroxyl groups is 1. The summed E-state index contributed by atoms with van der Waals surface area (Å²) in [6, 6.07) is -0.207. The molecular weight excluding hydrogens is 246 g/mol. The van der Waals surface area contributed by atoms with Gasteiger partial charge in [0.15, 0.2) is 5.75 Å². The average molecular weight is 257 g/mol. The fourth-order valence-corrected chi connectivity index (χ4v) is 1.55. The average Bonchev–Trinajstić information content (AvgIpc) is 2.27. The predicted molar refractivity (Wildman–Crippen MR) is 60.2 cm³/mol. The van der Waals surface area contributed by atoms with Crippen LogP contribution in [-0.2, 0) is 0 Å². The van der Waals surface area contributed by atoms with Crippen LogP contribution in [0.3, 0.4) is 0 Å². The van der Waals surface area contributed by atoms with E-state index in [4.69, 9.17) is 10.8 Å². The van der Waals surface area contributed by atoms with Gasteiger partial charge in [-0.15, -0.1) is 0 Å². The molecule has 9 nitrogen and oxygen atoms in total. The Morgan fingerprint density at radius 2 is 1.94 bits per heavy atom. The first-order valence-corrected chi connectivity index (χ1v) is 4.82. The lowest BCUT2D eigenvalue weighted by molar-refractivity contribution is -0.396. The summed E-state index contributed by atoms with van der Waals surface area (Å²) in [6.07, 6.45) is 0. The summed E-state index contributed by atoms with van der Waals surface area (Å²) in [5.74, 6) is -0.760. The van der Waals surface area contributed by atoms with Crippen molar-refractivity contribution in [3.05, 3.63) is 37.4 Å². The molecule has 1 atom stereocenters. The van der Waals surface area contributed by atoms with Gasteiger partial charge in [-0.2, -0.15) is 0 Å². The summed E-state index contributed by atoms with van der Waals surface area (Å²) in [5, 5.41) is 40.1. The van der Waals surface area contributed by atoms with Gasteiger partial charge in [-0.3, -0.25) is 20.2 Å². The highest BCUT2D eigenvalue weighted by molar-refractivity contribution is 5.65. The number of nitro benzene ring substituents is 2. The molecule has 0 aliphatic carbocycles. The summed E-state index contributed by atoms with van der Waals surface area (Å²) < 4.78 is 0. The molecule has 0 saturated carbocycles.